The number of likely N-dealkylation sites (tertiary alicyclic amines) is 1. The van der Waals surface area contributed by atoms with Crippen LogP contribution in [0.15, 0.2) is 12.4 Å². The van der Waals surface area contributed by atoms with Crippen LogP contribution in [0.25, 0.3) is 0 Å². The minimum Gasteiger partial charge on any atom is -0.450 e. The SMILES string of the molecule is CCOC(=O)N1CCC(NC(=O)c2nccn2C)CC1. The van der Waals surface area contributed by atoms with Crippen molar-refractivity contribution >= 4 is 12.0 Å². The quantitative estimate of drug-likeness (QED) is 0.887. The van der Waals surface area contributed by atoms with Crippen LogP contribution < -0.4 is 5.32 Å². The standard InChI is InChI=1S/C13H20N4O3/c1-3-20-13(19)17-7-4-10(5-8-17)15-12(18)11-14-6-9-16(11)2/h6,9-10H,3-5,7-8H2,1-2H3,(H,15,18). The number of aryl methyl sites for hydroxylation is 1. The van der Waals surface area contributed by atoms with Gasteiger partial charge in [-0.25, -0.2) is 9.78 Å². The highest BCUT2D eigenvalue weighted by Gasteiger charge is 2.25. The van der Waals surface area contributed by atoms with Gasteiger partial charge in [-0.15, -0.1) is 0 Å². The van der Waals surface area contributed by atoms with Gasteiger partial charge in [0, 0.05) is 38.6 Å². The number of nitrogens with zero attached hydrogens (tertiary/aromatic N) is 3. The Morgan fingerprint density at radius 2 is 2.15 bits per heavy atom. The Labute approximate surface area is 117 Å². The molecule has 1 aliphatic rings. The molecule has 1 aromatic heterocycles. The van der Waals surface area contributed by atoms with Gasteiger partial charge in [0.25, 0.3) is 5.91 Å². The third-order valence-electron chi connectivity index (χ3n) is 3.38. The Bertz CT molecular complexity index is 478. The Hall–Kier alpha value is -2.05. The molecule has 20 heavy (non-hydrogen) atoms. The second-order valence-corrected chi connectivity index (χ2v) is 4.80. The molecule has 7 heteroatoms. The highest BCUT2D eigenvalue weighted by molar-refractivity contribution is 5.90. The van der Waals surface area contributed by atoms with Gasteiger partial charge in [0.2, 0.25) is 0 Å². The summed E-state index contributed by atoms with van der Waals surface area (Å²) in [5.74, 6) is 0.227. The molecule has 1 saturated heterocycles. The highest BCUT2D eigenvalue weighted by Crippen LogP contribution is 2.12. The van der Waals surface area contributed by atoms with Crippen molar-refractivity contribution in [2.24, 2.45) is 7.05 Å². The monoisotopic (exact) mass is 280 g/mol. The van der Waals surface area contributed by atoms with Crippen molar-refractivity contribution in [1.29, 1.82) is 0 Å². The maximum absolute atomic E-state index is 12.0. The van der Waals surface area contributed by atoms with Crippen molar-refractivity contribution in [3.8, 4) is 0 Å². The zero-order chi connectivity index (χ0) is 14.5. The molecule has 1 aromatic rings. The van der Waals surface area contributed by atoms with Crippen molar-refractivity contribution in [3.05, 3.63) is 18.2 Å². The fourth-order valence-corrected chi connectivity index (χ4v) is 2.26. The molecule has 0 spiro atoms. The summed E-state index contributed by atoms with van der Waals surface area (Å²) < 4.78 is 6.64. The van der Waals surface area contributed by atoms with Crippen molar-refractivity contribution in [2.45, 2.75) is 25.8 Å². The lowest BCUT2D eigenvalue weighted by molar-refractivity contribution is 0.0851. The van der Waals surface area contributed by atoms with Gasteiger partial charge in [0.1, 0.15) is 0 Å². The van der Waals surface area contributed by atoms with Gasteiger partial charge in [0.05, 0.1) is 6.61 Å². The van der Waals surface area contributed by atoms with Crippen LogP contribution in [0.3, 0.4) is 0 Å². The van der Waals surface area contributed by atoms with E-state index < -0.39 is 0 Å². The number of piperidine rings is 1. The van der Waals surface area contributed by atoms with Crippen molar-refractivity contribution < 1.29 is 14.3 Å². The zero-order valence-electron chi connectivity index (χ0n) is 11.8. The molecule has 0 aliphatic carbocycles. The number of hydrogen-bond acceptors (Lipinski definition) is 4. The smallest absolute Gasteiger partial charge is 0.409 e. The summed E-state index contributed by atoms with van der Waals surface area (Å²) in [4.78, 5) is 29.3. The lowest BCUT2D eigenvalue weighted by atomic mass is 10.1. The van der Waals surface area contributed by atoms with Crippen molar-refractivity contribution in [1.82, 2.24) is 19.8 Å². The average Bonchev–Trinajstić information content (AvgIpc) is 2.86. The van der Waals surface area contributed by atoms with Gasteiger partial charge in [-0.2, -0.15) is 0 Å². The molecule has 110 valence electrons. The maximum atomic E-state index is 12.0. The third kappa shape index (κ3) is 3.28. The van der Waals surface area contributed by atoms with E-state index in [-0.39, 0.29) is 18.0 Å². The normalized spacial score (nSPS) is 16.0. The Balaban J connectivity index is 1.81. The Morgan fingerprint density at radius 3 is 2.70 bits per heavy atom. The first-order valence-electron chi connectivity index (χ1n) is 6.81. The fourth-order valence-electron chi connectivity index (χ4n) is 2.26. The van der Waals surface area contributed by atoms with Crippen LogP contribution in [-0.2, 0) is 11.8 Å². The number of carbonyl (C=O) groups excluding carboxylic acids is 2. The van der Waals surface area contributed by atoms with E-state index in [0.717, 1.165) is 12.8 Å². The van der Waals surface area contributed by atoms with E-state index in [1.54, 1.807) is 35.8 Å². The number of nitrogens with one attached hydrogen (secondary N) is 1. The number of amides is 2. The van der Waals surface area contributed by atoms with Gasteiger partial charge in [-0.1, -0.05) is 0 Å². The minimum atomic E-state index is -0.277. The molecular weight excluding hydrogens is 260 g/mol. The molecular formula is C13H20N4O3. The molecule has 1 aliphatic heterocycles. The molecule has 0 radical (unpaired) electrons. The molecule has 1 fully saturated rings. The van der Waals surface area contributed by atoms with Crippen LogP contribution in [0.2, 0.25) is 0 Å². The van der Waals surface area contributed by atoms with Crippen LogP contribution in [0.4, 0.5) is 4.79 Å². The van der Waals surface area contributed by atoms with Crippen LogP contribution in [-0.4, -0.2) is 52.2 Å². The van der Waals surface area contributed by atoms with Crippen LogP contribution >= 0.6 is 0 Å². The first-order valence-corrected chi connectivity index (χ1v) is 6.81. The number of ether oxygens (including phenoxy) is 1. The maximum Gasteiger partial charge on any atom is 0.409 e. The lowest BCUT2D eigenvalue weighted by Gasteiger charge is -2.31. The number of hydrogen-bond donors (Lipinski definition) is 1. The molecule has 2 rings (SSSR count). The van der Waals surface area contributed by atoms with Gasteiger partial charge >= 0.3 is 6.09 Å². The summed E-state index contributed by atoms with van der Waals surface area (Å²) in [6, 6.07) is 0.0740. The fraction of sp³-hybridized carbons (Fsp3) is 0.615. The first kappa shape index (κ1) is 14.4. The predicted octanol–water partition coefficient (Wildman–Crippen LogP) is 0.771. The van der Waals surface area contributed by atoms with Gasteiger partial charge < -0.3 is 19.5 Å². The topological polar surface area (TPSA) is 76.5 Å². The van der Waals surface area contributed by atoms with E-state index in [4.69, 9.17) is 4.74 Å². The average molecular weight is 280 g/mol. The third-order valence-corrected chi connectivity index (χ3v) is 3.38. The summed E-state index contributed by atoms with van der Waals surface area (Å²) in [5, 5.41) is 2.95. The van der Waals surface area contributed by atoms with Crippen LogP contribution in [0, 0.1) is 0 Å². The molecule has 0 bridgehead atoms. The van der Waals surface area contributed by atoms with Gasteiger partial charge in [-0.3, -0.25) is 4.79 Å². The molecule has 0 atom stereocenters. The number of rotatable bonds is 3. The summed E-state index contributed by atoms with van der Waals surface area (Å²) >= 11 is 0. The molecule has 1 N–H and O–H groups in total. The van der Waals surface area contributed by atoms with Crippen LogP contribution in [0.5, 0.6) is 0 Å². The van der Waals surface area contributed by atoms with E-state index in [2.05, 4.69) is 10.3 Å². The molecule has 0 unspecified atom stereocenters. The predicted molar refractivity (Wildman–Crippen MR) is 72.3 cm³/mol. The summed E-state index contributed by atoms with van der Waals surface area (Å²) in [7, 11) is 1.78. The van der Waals surface area contributed by atoms with E-state index in [1.165, 1.54) is 0 Å². The first-order chi connectivity index (χ1) is 9.61. The second kappa shape index (κ2) is 6.40. The summed E-state index contributed by atoms with van der Waals surface area (Å²) in [6.45, 7) is 3.38. The van der Waals surface area contributed by atoms with Crippen molar-refractivity contribution in [2.75, 3.05) is 19.7 Å². The van der Waals surface area contributed by atoms with E-state index in [9.17, 15) is 9.59 Å². The van der Waals surface area contributed by atoms with Gasteiger partial charge in [0.15, 0.2) is 5.82 Å². The number of imidazole rings is 1. The largest absolute Gasteiger partial charge is 0.450 e. The highest BCUT2D eigenvalue weighted by atomic mass is 16.6. The number of carbonyl (C=O) groups is 2. The number of aromatic nitrogens is 2. The van der Waals surface area contributed by atoms with E-state index >= 15 is 0 Å². The second-order valence-electron chi connectivity index (χ2n) is 4.80. The Kier molecular flexibility index (Phi) is 4.60. The van der Waals surface area contributed by atoms with Gasteiger partial charge in [-0.05, 0) is 19.8 Å². The Morgan fingerprint density at radius 1 is 1.45 bits per heavy atom. The minimum absolute atomic E-state index is 0.0740. The molecule has 0 saturated carbocycles. The molecule has 2 amide bonds. The van der Waals surface area contributed by atoms with Crippen LogP contribution in [0.1, 0.15) is 30.4 Å². The zero-order valence-corrected chi connectivity index (χ0v) is 11.8. The molecule has 2 heterocycles. The van der Waals surface area contributed by atoms with E-state index in [0.29, 0.717) is 25.5 Å². The summed E-state index contributed by atoms with van der Waals surface area (Å²) in [6.07, 6.45) is 4.52. The van der Waals surface area contributed by atoms with E-state index in [1.807, 2.05) is 0 Å². The lowest BCUT2D eigenvalue weighted by Crippen LogP contribution is -2.47. The molecule has 0 aromatic carbocycles. The molecule has 7 nitrogen and oxygen atoms in total. The summed E-state index contributed by atoms with van der Waals surface area (Å²) in [5.41, 5.74) is 0. The van der Waals surface area contributed by atoms with Crippen molar-refractivity contribution in [3.63, 3.8) is 0 Å².